The van der Waals surface area contributed by atoms with Gasteiger partial charge in [-0.1, -0.05) is 24.0 Å². The zero-order valence-electron chi connectivity index (χ0n) is 18.0. The van der Waals surface area contributed by atoms with E-state index in [1.54, 1.807) is 10.6 Å². The molecule has 32 heavy (non-hydrogen) atoms. The summed E-state index contributed by atoms with van der Waals surface area (Å²) >= 11 is 0. The number of likely N-dealkylation sites (tertiary alicyclic amines) is 1. The van der Waals surface area contributed by atoms with Crippen LogP contribution >= 0.6 is 0 Å². The standard InChI is InChI=1S/C25H26N2O5/c1-17-13-21(32-16-24(29)26-12-2-3-22(26)25(30)31)14-23(28)27(17)15-20-10-8-19(9-11-20)7-6-18-4-5-18/h8-11,13-14,18,22H,2-5,12,15-16H2,1H3,(H,30,31). The Hall–Kier alpha value is -3.53. The van der Waals surface area contributed by atoms with Crippen molar-refractivity contribution in [1.82, 2.24) is 9.47 Å². The molecule has 7 heteroatoms. The van der Waals surface area contributed by atoms with Gasteiger partial charge in [0.1, 0.15) is 11.8 Å². The van der Waals surface area contributed by atoms with Crippen molar-refractivity contribution < 1.29 is 19.4 Å². The molecule has 2 aromatic rings. The fraction of sp³-hybridized carbons (Fsp3) is 0.400. The third-order valence-corrected chi connectivity index (χ3v) is 5.82. The number of aromatic nitrogens is 1. The number of hydrogen-bond donors (Lipinski definition) is 1. The SMILES string of the molecule is Cc1cc(OCC(=O)N2CCCC2C(=O)O)cc(=O)n1Cc1ccc(C#CC2CC2)cc1. The van der Waals surface area contributed by atoms with Crippen LogP contribution in [0.5, 0.6) is 5.75 Å². The van der Waals surface area contributed by atoms with Crippen LogP contribution in [0.4, 0.5) is 0 Å². The number of aryl methyl sites for hydroxylation is 1. The maximum atomic E-state index is 12.6. The first-order valence-electron chi connectivity index (χ1n) is 10.9. The molecule has 1 aromatic heterocycles. The number of aliphatic carboxylic acids is 1. The molecule has 1 aliphatic heterocycles. The Balaban J connectivity index is 1.38. The lowest BCUT2D eigenvalue weighted by molar-refractivity contribution is -0.148. The van der Waals surface area contributed by atoms with Crippen LogP contribution in [0.15, 0.2) is 41.2 Å². The number of carboxylic acid groups (broad SMARTS) is 1. The molecule has 2 aliphatic rings. The van der Waals surface area contributed by atoms with E-state index in [1.165, 1.54) is 23.8 Å². The molecule has 2 fully saturated rings. The number of carboxylic acids is 1. The molecule has 2 heterocycles. The molecular weight excluding hydrogens is 408 g/mol. The van der Waals surface area contributed by atoms with Crippen molar-refractivity contribution in [3.8, 4) is 17.6 Å². The molecule has 1 unspecified atom stereocenters. The number of hydrogen-bond acceptors (Lipinski definition) is 4. The van der Waals surface area contributed by atoms with Crippen LogP contribution < -0.4 is 10.3 Å². The van der Waals surface area contributed by atoms with Gasteiger partial charge in [-0.3, -0.25) is 9.59 Å². The second kappa shape index (κ2) is 9.31. The highest BCUT2D eigenvalue weighted by molar-refractivity contribution is 5.85. The van der Waals surface area contributed by atoms with Crippen molar-refractivity contribution in [3.63, 3.8) is 0 Å². The summed E-state index contributed by atoms with van der Waals surface area (Å²) < 4.78 is 7.17. The molecule has 1 N–H and O–H groups in total. The van der Waals surface area contributed by atoms with Gasteiger partial charge >= 0.3 is 5.97 Å². The van der Waals surface area contributed by atoms with Crippen molar-refractivity contribution in [2.75, 3.05) is 13.2 Å². The van der Waals surface area contributed by atoms with E-state index in [9.17, 15) is 19.5 Å². The quantitative estimate of drug-likeness (QED) is 0.706. The van der Waals surface area contributed by atoms with Gasteiger partial charge in [-0.2, -0.15) is 0 Å². The number of benzene rings is 1. The first kappa shape index (κ1) is 21.7. The van der Waals surface area contributed by atoms with E-state index in [0.717, 1.165) is 11.1 Å². The fourth-order valence-electron chi connectivity index (χ4n) is 3.82. The van der Waals surface area contributed by atoms with E-state index in [2.05, 4.69) is 11.8 Å². The molecule has 1 amide bonds. The van der Waals surface area contributed by atoms with Crippen LogP contribution in [0.1, 0.15) is 42.5 Å². The molecule has 7 nitrogen and oxygen atoms in total. The number of pyridine rings is 1. The van der Waals surface area contributed by atoms with Crippen LogP contribution in [0, 0.1) is 24.7 Å². The van der Waals surface area contributed by atoms with E-state index < -0.39 is 12.0 Å². The summed E-state index contributed by atoms with van der Waals surface area (Å²) in [4.78, 5) is 37.6. The molecule has 0 bridgehead atoms. The molecule has 0 spiro atoms. The van der Waals surface area contributed by atoms with Gasteiger partial charge in [-0.25, -0.2) is 4.79 Å². The highest BCUT2D eigenvalue weighted by atomic mass is 16.5. The largest absolute Gasteiger partial charge is 0.484 e. The molecule has 1 aromatic carbocycles. The minimum atomic E-state index is -1.00. The molecular formula is C25H26N2O5. The fourth-order valence-corrected chi connectivity index (χ4v) is 3.82. The summed E-state index contributed by atoms with van der Waals surface area (Å²) in [6, 6.07) is 10.2. The van der Waals surface area contributed by atoms with Crippen molar-refractivity contribution in [2.24, 2.45) is 5.92 Å². The van der Waals surface area contributed by atoms with Crippen LogP contribution in [0.2, 0.25) is 0 Å². The maximum absolute atomic E-state index is 12.6. The van der Waals surface area contributed by atoms with Crippen molar-refractivity contribution in [2.45, 2.75) is 45.2 Å². The highest BCUT2D eigenvalue weighted by Gasteiger charge is 2.34. The monoisotopic (exact) mass is 434 g/mol. The average Bonchev–Trinajstić information content (AvgIpc) is 3.46. The van der Waals surface area contributed by atoms with Gasteiger partial charge in [0, 0.05) is 29.8 Å². The summed E-state index contributed by atoms with van der Waals surface area (Å²) in [5.74, 6) is 5.88. The Morgan fingerprint density at radius 1 is 1.16 bits per heavy atom. The Morgan fingerprint density at radius 2 is 1.91 bits per heavy atom. The molecule has 0 radical (unpaired) electrons. The third-order valence-electron chi connectivity index (χ3n) is 5.82. The van der Waals surface area contributed by atoms with Gasteiger partial charge in [-0.15, -0.1) is 0 Å². The Kier molecular flexibility index (Phi) is 6.31. The predicted molar refractivity (Wildman–Crippen MR) is 118 cm³/mol. The number of nitrogens with zero attached hydrogens (tertiary/aromatic N) is 2. The molecule has 1 atom stereocenters. The van der Waals surface area contributed by atoms with Crippen molar-refractivity contribution in [1.29, 1.82) is 0 Å². The summed E-state index contributed by atoms with van der Waals surface area (Å²) in [7, 11) is 0. The summed E-state index contributed by atoms with van der Waals surface area (Å²) in [6.07, 6.45) is 3.50. The van der Waals surface area contributed by atoms with E-state index in [-0.39, 0.29) is 18.1 Å². The minimum absolute atomic E-state index is 0.227. The Labute approximate surface area is 186 Å². The van der Waals surface area contributed by atoms with E-state index in [1.807, 2.05) is 31.2 Å². The topological polar surface area (TPSA) is 88.8 Å². The first-order valence-corrected chi connectivity index (χ1v) is 10.9. The minimum Gasteiger partial charge on any atom is -0.484 e. The maximum Gasteiger partial charge on any atom is 0.326 e. The number of carbonyl (C=O) groups excluding carboxylic acids is 1. The molecule has 1 saturated heterocycles. The molecule has 1 saturated carbocycles. The van der Waals surface area contributed by atoms with Crippen LogP contribution in [-0.2, 0) is 16.1 Å². The number of rotatable bonds is 6. The van der Waals surface area contributed by atoms with Gasteiger partial charge in [0.05, 0.1) is 6.54 Å². The zero-order valence-corrected chi connectivity index (χ0v) is 18.0. The molecule has 166 valence electrons. The normalized spacial score (nSPS) is 17.5. The average molecular weight is 434 g/mol. The van der Waals surface area contributed by atoms with E-state index in [4.69, 9.17) is 4.74 Å². The zero-order chi connectivity index (χ0) is 22.7. The lowest BCUT2D eigenvalue weighted by atomic mass is 10.1. The summed E-state index contributed by atoms with van der Waals surface area (Å²) in [6.45, 7) is 2.35. The van der Waals surface area contributed by atoms with Crippen molar-refractivity contribution >= 4 is 11.9 Å². The van der Waals surface area contributed by atoms with Crippen LogP contribution in [-0.4, -0.2) is 45.6 Å². The summed E-state index contributed by atoms with van der Waals surface area (Å²) in [5, 5.41) is 9.22. The van der Waals surface area contributed by atoms with Crippen molar-refractivity contribution in [3.05, 3.63) is 63.6 Å². The summed E-state index contributed by atoms with van der Waals surface area (Å²) in [5.41, 5.74) is 2.45. The predicted octanol–water partition coefficient (Wildman–Crippen LogP) is 2.42. The molecule has 4 rings (SSSR count). The van der Waals surface area contributed by atoms with E-state index >= 15 is 0 Å². The lowest BCUT2D eigenvalue weighted by Crippen LogP contribution is -2.42. The van der Waals surface area contributed by atoms with Gasteiger partial charge in [-0.05, 0) is 56.4 Å². The number of amides is 1. The van der Waals surface area contributed by atoms with Gasteiger partial charge < -0.3 is 19.3 Å². The van der Waals surface area contributed by atoms with Gasteiger partial charge in [0.2, 0.25) is 0 Å². The second-order valence-corrected chi connectivity index (χ2v) is 8.37. The highest BCUT2D eigenvalue weighted by Crippen LogP contribution is 2.27. The van der Waals surface area contributed by atoms with Gasteiger partial charge in [0.25, 0.3) is 11.5 Å². The first-order chi connectivity index (χ1) is 15.4. The smallest absolute Gasteiger partial charge is 0.326 e. The van der Waals surface area contributed by atoms with Crippen LogP contribution in [0.3, 0.4) is 0 Å². The number of carbonyl (C=O) groups is 2. The van der Waals surface area contributed by atoms with Crippen LogP contribution in [0.25, 0.3) is 0 Å². The molecule has 1 aliphatic carbocycles. The van der Waals surface area contributed by atoms with E-state index in [0.29, 0.717) is 43.3 Å². The number of ether oxygens (including phenoxy) is 1. The second-order valence-electron chi connectivity index (χ2n) is 8.37. The Morgan fingerprint density at radius 3 is 2.56 bits per heavy atom. The lowest BCUT2D eigenvalue weighted by Gasteiger charge is -2.21. The third kappa shape index (κ3) is 5.20. The van der Waals surface area contributed by atoms with Gasteiger partial charge in [0.15, 0.2) is 6.61 Å². The Bertz CT molecular complexity index is 1140.